The minimum absolute atomic E-state index is 0.0231. The molecule has 13 heteroatoms. The maximum absolute atomic E-state index is 12.7. The molecule has 4 aromatic rings. The summed E-state index contributed by atoms with van der Waals surface area (Å²) in [7, 11) is 0. The average molecular weight is 548 g/mol. The number of aromatic nitrogens is 4. The number of nitrogens with one attached hydrogen (secondary N) is 2. The molecule has 0 bridgehead atoms. The van der Waals surface area contributed by atoms with Gasteiger partial charge >= 0.3 is 5.84 Å². The lowest BCUT2D eigenvalue weighted by atomic mass is 10.2. The Bertz CT molecular complexity index is 1410. The van der Waals surface area contributed by atoms with E-state index in [0.717, 1.165) is 0 Å². The monoisotopic (exact) mass is 546 g/mol. The number of amides is 1. The highest BCUT2D eigenvalue weighted by Gasteiger charge is 2.15. The quantitative estimate of drug-likeness (QED) is 0.127. The molecular weight excluding hydrogens is 529 g/mol. The van der Waals surface area contributed by atoms with Crippen molar-refractivity contribution in [2.75, 3.05) is 6.61 Å². The lowest BCUT2D eigenvalue weighted by molar-refractivity contribution is -0.510. The highest BCUT2D eigenvalue weighted by atomic mass is 35.5. The summed E-state index contributed by atoms with van der Waals surface area (Å²) in [5.74, 6) is 1.32. The van der Waals surface area contributed by atoms with Gasteiger partial charge in [-0.1, -0.05) is 53.0 Å². The first-order chi connectivity index (χ1) is 17.4. The van der Waals surface area contributed by atoms with Gasteiger partial charge in [-0.15, -0.1) is 5.10 Å². The number of amidine groups is 1. The van der Waals surface area contributed by atoms with Crippen LogP contribution < -0.4 is 25.7 Å². The normalized spacial score (nSPS) is 11.2. The minimum atomic E-state index is -0.473. The van der Waals surface area contributed by atoms with Crippen LogP contribution in [0.2, 0.25) is 15.2 Å². The lowest BCUT2D eigenvalue weighted by Crippen LogP contribution is -2.87. The molecule has 1 amide bonds. The van der Waals surface area contributed by atoms with E-state index in [1.807, 2.05) is 0 Å². The van der Waals surface area contributed by atoms with Crippen LogP contribution in [0.5, 0.6) is 11.5 Å². The predicted molar refractivity (Wildman–Crippen MR) is 135 cm³/mol. The Labute approximate surface area is 220 Å². The van der Waals surface area contributed by atoms with Crippen molar-refractivity contribution in [3.8, 4) is 17.3 Å². The first-order valence-electron chi connectivity index (χ1n) is 10.4. The van der Waals surface area contributed by atoms with Crippen molar-refractivity contribution in [2.45, 2.75) is 6.61 Å². The van der Waals surface area contributed by atoms with Crippen LogP contribution in [0.3, 0.4) is 0 Å². The molecule has 4 rings (SSSR count). The van der Waals surface area contributed by atoms with Crippen molar-refractivity contribution < 1.29 is 19.4 Å². The summed E-state index contributed by atoms with van der Waals surface area (Å²) < 4.78 is 12.8. The van der Waals surface area contributed by atoms with E-state index in [1.165, 1.54) is 11.0 Å². The maximum atomic E-state index is 12.7. The summed E-state index contributed by atoms with van der Waals surface area (Å²) in [5.41, 5.74) is 8.67. The second-order valence-corrected chi connectivity index (χ2v) is 8.41. The molecule has 0 saturated heterocycles. The molecule has 0 aliphatic carbocycles. The molecule has 2 aromatic carbocycles. The van der Waals surface area contributed by atoms with E-state index in [9.17, 15) is 4.79 Å². The zero-order chi connectivity index (χ0) is 25.5. The van der Waals surface area contributed by atoms with Gasteiger partial charge in [-0.25, -0.2) is 14.6 Å². The van der Waals surface area contributed by atoms with Crippen molar-refractivity contribution in [1.29, 1.82) is 0 Å². The maximum Gasteiger partial charge on any atom is 0.302 e. The molecule has 0 radical (unpaired) electrons. The topological polar surface area (TPSA) is 131 Å². The third-order valence-electron chi connectivity index (χ3n) is 4.58. The highest BCUT2D eigenvalue weighted by Crippen LogP contribution is 2.27. The van der Waals surface area contributed by atoms with E-state index in [1.54, 1.807) is 60.7 Å². The molecule has 0 aliphatic rings. The van der Waals surface area contributed by atoms with Gasteiger partial charge in [-0.2, -0.15) is 10.5 Å². The number of hydrazone groups is 1. The minimum Gasteiger partial charge on any atom is -0.485 e. The second-order valence-electron chi connectivity index (χ2n) is 7.18. The summed E-state index contributed by atoms with van der Waals surface area (Å²) in [4.78, 5) is 21.1. The van der Waals surface area contributed by atoms with Gasteiger partial charge < -0.3 is 9.47 Å². The molecule has 2 heterocycles. The van der Waals surface area contributed by atoms with Crippen molar-refractivity contribution in [1.82, 2.24) is 25.2 Å². The number of rotatable bonds is 9. The first kappa shape index (κ1) is 25.2. The fourth-order valence-electron chi connectivity index (χ4n) is 2.91. The number of nitrogens with zero attached hydrogens (tertiary/aromatic N) is 4. The molecule has 0 fully saturated rings. The Morgan fingerprint density at radius 1 is 1.03 bits per heavy atom. The van der Waals surface area contributed by atoms with Crippen LogP contribution in [-0.4, -0.2) is 38.1 Å². The molecule has 36 heavy (non-hydrogen) atoms. The number of carbonyl (C=O) groups is 1. The van der Waals surface area contributed by atoms with Crippen LogP contribution in [-0.2, 0) is 6.61 Å². The standard InChI is InChI=1S/C23H18Cl3N7O3/c24-14-8-9-18(16(25)10-14)35-11-20(27)30-31-23(34)15-4-1-2-5-17(15)36-12-21-28-13-33(32-21)22-7-3-6-19(26)29-22/h1-10,13H,11-12H2,(H2,27,30)(H,31,34)/p+1. The van der Waals surface area contributed by atoms with E-state index in [4.69, 9.17) is 50.0 Å². The Hall–Kier alpha value is -3.86. The molecule has 0 saturated carbocycles. The van der Waals surface area contributed by atoms with Gasteiger partial charge in [0.2, 0.25) is 0 Å². The Morgan fingerprint density at radius 2 is 1.86 bits per heavy atom. The van der Waals surface area contributed by atoms with Crippen LogP contribution in [0.4, 0.5) is 0 Å². The van der Waals surface area contributed by atoms with Crippen molar-refractivity contribution >= 4 is 46.5 Å². The van der Waals surface area contributed by atoms with Gasteiger partial charge in [-0.3, -0.25) is 10.5 Å². The van der Waals surface area contributed by atoms with Gasteiger partial charge in [-0.05, 0) is 42.5 Å². The van der Waals surface area contributed by atoms with Crippen LogP contribution >= 0.6 is 34.8 Å². The number of benzene rings is 2. The molecule has 0 aliphatic heterocycles. The van der Waals surface area contributed by atoms with E-state index < -0.39 is 5.91 Å². The van der Waals surface area contributed by atoms with Crippen molar-refractivity contribution in [2.24, 2.45) is 5.73 Å². The summed E-state index contributed by atoms with van der Waals surface area (Å²) >= 11 is 17.9. The van der Waals surface area contributed by atoms with Gasteiger partial charge in [0.05, 0.1) is 10.6 Å². The molecule has 10 nitrogen and oxygen atoms in total. The number of nitrogens with two attached hydrogens (primary N) is 1. The number of hydrogen-bond acceptors (Lipinski definition) is 6. The molecule has 0 atom stereocenters. The third-order valence-corrected chi connectivity index (χ3v) is 5.32. The summed E-state index contributed by atoms with van der Waals surface area (Å²) in [6.45, 7) is -0.0230. The highest BCUT2D eigenvalue weighted by molar-refractivity contribution is 6.35. The summed E-state index contributed by atoms with van der Waals surface area (Å²) in [6, 6.07) is 16.7. The molecular formula is C23H19Cl3N7O3+. The molecule has 0 unspecified atom stereocenters. The number of carbonyl (C=O) groups excluding carboxylic acids is 1. The fourth-order valence-corrected chi connectivity index (χ4v) is 3.53. The number of ether oxygens (including phenoxy) is 2. The van der Waals surface area contributed by atoms with Crippen LogP contribution in [0.15, 0.2) is 67.0 Å². The van der Waals surface area contributed by atoms with Crippen LogP contribution in [0, 0.1) is 0 Å². The number of hydrazine groups is 1. The van der Waals surface area contributed by atoms with Gasteiger partial charge in [0, 0.05) is 5.02 Å². The smallest absolute Gasteiger partial charge is 0.302 e. The molecule has 4 N–H and O–H groups in total. The zero-order valence-corrected chi connectivity index (χ0v) is 20.8. The average Bonchev–Trinajstić information content (AvgIpc) is 3.35. The third kappa shape index (κ3) is 6.63. The Balaban J connectivity index is 1.35. The van der Waals surface area contributed by atoms with E-state index in [-0.39, 0.29) is 24.6 Å². The fraction of sp³-hybridized carbons (Fsp3) is 0.0870. The first-order valence-corrected chi connectivity index (χ1v) is 11.5. The summed E-state index contributed by atoms with van der Waals surface area (Å²) in [6.07, 6.45) is 1.50. The van der Waals surface area contributed by atoms with Gasteiger partial charge in [0.15, 0.2) is 18.2 Å². The second kappa shape index (κ2) is 11.7. The number of halogens is 3. The largest absolute Gasteiger partial charge is 0.485 e. The number of para-hydroxylation sites is 1. The van der Waals surface area contributed by atoms with Gasteiger partial charge in [0.25, 0.3) is 5.91 Å². The van der Waals surface area contributed by atoms with E-state index in [2.05, 4.69) is 25.6 Å². The van der Waals surface area contributed by atoms with Crippen LogP contribution in [0.25, 0.3) is 5.82 Å². The van der Waals surface area contributed by atoms with Gasteiger partial charge in [0.1, 0.15) is 29.6 Å². The number of hydrogen-bond donors (Lipinski definition) is 3. The zero-order valence-electron chi connectivity index (χ0n) is 18.5. The number of pyridine rings is 1. The molecule has 0 spiro atoms. The summed E-state index contributed by atoms with van der Waals surface area (Å²) in [5, 5.41) is 8.10. The Kier molecular flexibility index (Phi) is 8.21. The van der Waals surface area contributed by atoms with Crippen LogP contribution in [0.1, 0.15) is 16.2 Å². The SMILES string of the molecule is NC(COc1ccc(Cl)cc1Cl)=[NH+]NC(=O)c1ccccc1OCc1ncn(-c2cccc(Cl)n2)n1. The Morgan fingerprint density at radius 3 is 2.67 bits per heavy atom. The lowest BCUT2D eigenvalue weighted by Gasteiger charge is -2.09. The molecule has 2 aromatic heterocycles. The predicted octanol–water partition coefficient (Wildman–Crippen LogP) is 2.36. The van der Waals surface area contributed by atoms with Crippen molar-refractivity contribution in [3.63, 3.8) is 0 Å². The van der Waals surface area contributed by atoms with E-state index >= 15 is 0 Å². The van der Waals surface area contributed by atoms with Crippen molar-refractivity contribution in [3.05, 3.63) is 93.6 Å². The van der Waals surface area contributed by atoms with E-state index in [0.29, 0.717) is 38.3 Å². The molecule has 184 valence electrons.